The van der Waals surface area contributed by atoms with E-state index in [1.165, 1.54) is 16.0 Å². The zero-order valence-corrected chi connectivity index (χ0v) is 12.1. The third-order valence-corrected chi connectivity index (χ3v) is 4.80. The van der Waals surface area contributed by atoms with Crippen LogP contribution in [0.3, 0.4) is 0 Å². The van der Waals surface area contributed by atoms with Crippen molar-refractivity contribution >= 4 is 17.7 Å². The minimum atomic E-state index is 0.177. The van der Waals surface area contributed by atoms with E-state index >= 15 is 0 Å². The number of aliphatic imine (C=N–C) groups is 1. The Bertz CT molecular complexity index is 695. The summed E-state index contributed by atoms with van der Waals surface area (Å²) in [7, 11) is 0. The molecule has 0 unspecified atom stereocenters. The van der Waals surface area contributed by atoms with Gasteiger partial charge in [0.05, 0.1) is 0 Å². The number of benzene rings is 2. The van der Waals surface area contributed by atoms with Gasteiger partial charge in [-0.05, 0) is 29.5 Å². The van der Waals surface area contributed by atoms with E-state index in [4.69, 9.17) is 9.73 Å². The molecule has 0 fully saturated rings. The predicted molar refractivity (Wildman–Crippen MR) is 82.5 cm³/mol. The third kappa shape index (κ3) is 1.77. The lowest BCUT2D eigenvalue weighted by Gasteiger charge is -2.10. The van der Waals surface area contributed by atoms with E-state index in [2.05, 4.69) is 48.7 Å². The zero-order valence-electron chi connectivity index (χ0n) is 11.2. The molecule has 2 nitrogen and oxygen atoms in total. The quantitative estimate of drug-likeness (QED) is 0.780. The molecular formula is C17H15NOS. The average molecular weight is 281 g/mol. The van der Waals surface area contributed by atoms with E-state index in [1.807, 2.05) is 6.07 Å². The van der Waals surface area contributed by atoms with Gasteiger partial charge >= 0.3 is 0 Å². The topological polar surface area (TPSA) is 21.6 Å². The molecule has 0 N–H and O–H groups in total. The number of hydrogen-bond acceptors (Lipinski definition) is 3. The van der Waals surface area contributed by atoms with E-state index in [0.717, 1.165) is 17.9 Å². The maximum atomic E-state index is 6.13. The van der Waals surface area contributed by atoms with Crippen LogP contribution in [0.4, 0.5) is 0 Å². The van der Waals surface area contributed by atoms with Gasteiger partial charge in [-0.3, -0.25) is 0 Å². The predicted octanol–water partition coefficient (Wildman–Crippen LogP) is 3.85. The Balaban J connectivity index is 1.74. The summed E-state index contributed by atoms with van der Waals surface area (Å²) in [6.07, 6.45) is 3.23. The first-order chi connectivity index (χ1) is 9.86. The summed E-state index contributed by atoms with van der Waals surface area (Å²) >= 11 is 1.74. The zero-order chi connectivity index (χ0) is 13.5. The number of rotatable bonds is 2. The summed E-state index contributed by atoms with van der Waals surface area (Å²) in [6.45, 7) is 0. The normalized spacial score (nSPS) is 22.9. The summed E-state index contributed by atoms with van der Waals surface area (Å²) in [5.74, 6) is 0.805. The van der Waals surface area contributed by atoms with E-state index < -0.39 is 0 Å². The number of nitrogens with zero attached hydrogens (tertiary/aromatic N) is 1. The van der Waals surface area contributed by atoms with Gasteiger partial charge < -0.3 is 4.74 Å². The number of hydrogen-bond donors (Lipinski definition) is 0. The Hall–Kier alpha value is -1.74. The van der Waals surface area contributed by atoms with E-state index in [-0.39, 0.29) is 12.1 Å². The van der Waals surface area contributed by atoms with Crippen molar-refractivity contribution in [2.24, 2.45) is 4.99 Å². The molecule has 4 rings (SSSR count). The summed E-state index contributed by atoms with van der Waals surface area (Å²) in [6, 6.07) is 17.0. The molecule has 0 saturated carbocycles. The van der Waals surface area contributed by atoms with Crippen molar-refractivity contribution in [1.82, 2.24) is 0 Å². The molecule has 20 heavy (non-hydrogen) atoms. The summed E-state index contributed by atoms with van der Waals surface area (Å²) in [5, 5.41) is 0. The summed E-state index contributed by atoms with van der Waals surface area (Å²) in [5.41, 5.74) is 3.82. The molecule has 2 aromatic carbocycles. The van der Waals surface area contributed by atoms with Gasteiger partial charge in [0.15, 0.2) is 0 Å². The third-order valence-electron chi connectivity index (χ3n) is 4.00. The molecule has 0 spiro atoms. The van der Waals surface area contributed by atoms with Gasteiger partial charge in [-0.15, -0.1) is 11.8 Å². The summed E-state index contributed by atoms with van der Waals surface area (Å²) in [4.78, 5) is 6.07. The smallest absolute Gasteiger partial charge is 0.218 e. The van der Waals surface area contributed by atoms with Gasteiger partial charge in [0, 0.05) is 16.9 Å². The van der Waals surface area contributed by atoms with Crippen LogP contribution in [0.1, 0.15) is 22.7 Å². The SMILES string of the molecule is CSc1ccccc1C1=N[C@@H]2c3ccccc3C[C@@H]2O1. The molecule has 3 heteroatoms. The largest absolute Gasteiger partial charge is 0.471 e. The molecule has 0 aromatic heterocycles. The lowest BCUT2D eigenvalue weighted by molar-refractivity contribution is 0.206. The highest BCUT2D eigenvalue weighted by atomic mass is 32.2. The minimum Gasteiger partial charge on any atom is -0.471 e. The van der Waals surface area contributed by atoms with Crippen LogP contribution in [0.25, 0.3) is 0 Å². The second-order valence-corrected chi connectivity index (χ2v) is 5.99. The molecule has 100 valence electrons. The first-order valence-corrected chi connectivity index (χ1v) is 8.05. The molecule has 2 aliphatic rings. The molecule has 2 aromatic rings. The summed E-state index contributed by atoms with van der Waals surface area (Å²) < 4.78 is 6.13. The number of ether oxygens (including phenoxy) is 1. The Morgan fingerprint density at radius 3 is 2.80 bits per heavy atom. The second kappa shape index (κ2) is 4.67. The number of fused-ring (bicyclic) bond motifs is 3. The van der Waals surface area contributed by atoms with E-state index in [1.54, 1.807) is 11.8 Å². The Morgan fingerprint density at radius 1 is 1.10 bits per heavy atom. The van der Waals surface area contributed by atoms with Crippen LogP contribution in [0.5, 0.6) is 0 Å². The van der Waals surface area contributed by atoms with Crippen LogP contribution in [0.15, 0.2) is 58.4 Å². The van der Waals surface area contributed by atoms with Gasteiger partial charge in [-0.25, -0.2) is 4.99 Å². The van der Waals surface area contributed by atoms with Gasteiger partial charge in [0.1, 0.15) is 12.1 Å². The molecule has 1 aliphatic carbocycles. The van der Waals surface area contributed by atoms with Crippen molar-refractivity contribution in [2.75, 3.05) is 6.26 Å². The van der Waals surface area contributed by atoms with Gasteiger partial charge in [-0.1, -0.05) is 36.4 Å². The van der Waals surface area contributed by atoms with Gasteiger partial charge in [0.25, 0.3) is 0 Å². The van der Waals surface area contributed by atoms with Crippen molar-refractivity contribution in [3.63, 3.8) is 0 Å². The molecule has 1 heterocycles. The van der Waals surface area contributed by atoms with E-state index in [0.29, 0.717) is 0 Å². The lowest BCUT2D eigenvalue weighted by atomic mass is 10.1. The second-order valence-electron chi connectivity index (χ2n) is 5.14. The highest BCUT2D eigenvalue weighted by Gasteiger charge is 2.39. The van der Waals surface area contributed by atoms with Crippen LogP contribution in [0, 0.1) is 0 Å². The first kappa shape index (κ1) is 12.0. The van der Waals surface area contributed by atoms with Crippen molar-refractivity contribution in [3.8, 4) is 0 Å². The monoisotopic (exact) mass is 281 g/mol. The molecule has 0 radical (unpaired) electrons. The molecule has 2 atom stereocenters. The molecular weight excluding hydrogens is 266 g/mol. The Morgan fingerprint density at radius 2 is 1.90 bits per heavy atom. The number of thioether (sulfide) groups is 1. The van der Waals surface area contributed by atoms with Crippen LogP contribution < -0.4 is 0 Å². The van der Waals surface area contributed by atoms with Crippen LogP contribution in [-0.2, 0) is 11.2 Å². The van der Waals surface area contributed by atoms with Gasteiger partial charge in [0.2, 0.25) is 5.90 Å². The first-order valence-electron chi connectivity index (χ1n) is 6.82. The van der Waals surface area contributed by atoms with Crippen LogP contribution >= 0.6 is 11.8 Å². The van der Waals surface area contributed by atoms with Crippen LogP contribution in [0.2, 0.25) is 0 Å². The fourth-order valence-corrected chi connectivity index (χ4v) is 3.64. The standard InChI is InChI=1S/C17H15NOS/c1-20-15-9-5-4-8-13(15)17-18-16-12-7-3-2-6-11(12)10-14(16)19-17/h2-9,14,16H,10H2,1H3/t14-,16+/m0/s1. The van der Waals surface area contributed by atoms with Crippen molar-refractivity contribution in [3.05, 3.63) is 65.2 Å². The van der Waals surface area contributed by atoms with Crippen molar-refractivity contribution in [2.45, 2.75) is 23.5 Å². The van der Waals surface area contributed by atoms with Crippen molar-refractivity contribution < 1.29 is 4.74 Å². The maximum Gasteiger partial charge on any atom is 0.218 e. The van der Waals surface area contributed by atoms with Crippen molar-refractivity contribution in [1.29, 1.82) is 0 Å². The minimum absolute atomic E-state index is 0.177. The van der Waals surface area contributed by atoms with Crippen LogP contribution in [-0.4, -0.2) is 18.3 Å². The Labute approximate surface area is 122 Å². The Kier molecular flexibility index (Phi) is 2.81. The maximum absolute atomic E-state index is 6.13. The van der Waals surface area contributed by atoms with E-state index in [9.17, 15) is 0 Å². The highest BCUT2D eigenvalue weighted by molar-refractivity contribution is 7.98. The highest BCUT2D eigenvalue weighted by Crippen LogP contribution is 2.41. The molecule has 1 aliphatic heterocycles. The lowest BCUT2D eigenvalue weighted by Crippen LogP contribution is -2.13. The van der Waals surface area contributed by atoms with Gasteiger partial charge in [-0.2, -0.15) is 0 Å². The average Bonchev–Trinajstić information content (AvgIpc) is 3.04. The molecule has 0 amide bonds. The molecule has 0 saturated heterocycles. The fraction of sp³-hybridized carbons (Fsp3) is 0.235. The molecule has 0 bridgehead atoms. The fourth-order valence-electron chi connectivity index (χ4n) is 3.05.